The van der Waals surface area contributed by atoms with Crippen molar-refractivity contribution < 1.29 is 28.7 Å². The van der Waals surface area contributed by atoms with Crippen molar-refractivity contribution in [2.75, 3.05) is 26.2 Å². The minimum Gasteiger partial charge on any atom is -0.361 e. The molecule has 2 saturated heterocycles. The summed E-state index contributed by atoms with van der Waals surface area (Å²) in [6.07, 6.45) is 5.59. The maximum absolute atomic E-state index is 14.1. The zero-order valence-corrected chi connectivity index (χ0v) is 32.3. The van der Waals surface area contributed by atoms with Crippen LogP contribution in [0.2, 0.25) is 0 Å². The van der Waals surface area contributed by atoms with Crippen LogP contribution in [0.5, 0.6) is 0 Å². The van der Waals surface area contributed by atoms with Crippen molar-refractivity contribution in [2.24, 2.45) is 11.8 Å². The number of epoxide rings is 1. The fourth-order valence-corrected chi connectivity index (χ4v) is 6.83. The molecule has 4 N–H and O–H groups in total. The van der Waals surface area contributed by atoms with Gasteiger partial charge < -0.3 is 30.9 Å². The summed E-state index contributed by atoms with van der Waals surface area (Å²) in [5.41, 5.74) is 0.947. The Morgan fingerprint density at radius 2 is 1.19 bits per heavy atom. The van der Waals surface area contributed by atoms with E-state index < -0.39 is 47.5 Å². The van der Waals surface area contributed by atoms with Crippen LogP contribution in [0, 0.1) is 11.8 Å². The smallest absolute Gasteiger partial charge is 0.243 e. The topological polar surface area (TPSA) is 149 Å². The molecule has 5 atom stereocenters. The fraction of sp³-hybridized carbons (Fsp3) is 0.595. The van der Waals surface area contributed by atoms with E-state index in [4.69, 9.17) is 4.74 Å². The molecule has 0 aliphatic carbocycles. The molecular formula is C42H61N5O6. The van der Waals surface area contributed by atoms with Gasteiger partial charge in [0.15, 0.2) is 5.78 Å². The second-order valence-electron chi connectivity index (χ2n) is 15.8. The highest BCUT2D eigenvalue weighted by molar-refractivity contribution is 5.98. The number of amides is 4. The molecule has 0 saturated carbocycles. The molecule has 11 heteroatoms. The van der Waals surface area contributed by atoms with Gasteiger partial charge in [0.05, 0.1) is 12.6 Å². The predicted octanol–water partition coefficient (Wildman–Crippen LogP) is 4.13. The second-order valence-corrected chi connectivity index (χ2v) is 15.8. The number of likely N-dealkylation sites (tertiary alicyclic amines) is 1. The van der Waals surface area contributed by atoms with Gasteiger partial charge in [-0.05, 0) is 81.5 Å². The quantitative estimate of drug-likeness (QED) is 0.141. The lowest BCUT2D eigenvalue weighted by Crippen LogP contribution is -2.59. The Balaban J connectivity index is 1.50. The van der Waals surface area contributed by atoms with Crippen molar-refractivity contribution in [3.8, 4) is 0 Å². The molecule has 4 rings (SSSR count). The third-order valence-corrected chi connectivity index (χ3v) is 10.0. The van der Waals surface area contributed by atoms with Gasteiger partial charge in [0.1, 0.15) is 23.7 Å². The third kappa shape index (κ3) is 14.0. The van der Waals surface area contributed by atoms with Crippen molar-refractivity contribution in [1.29, 1.82) is 0 Å². The SMILES string of the molecule is CC(C)CC(NC(=O)[C@H](Cc1ccccc1)NC(=O)[C@H](CC(C)C)NC(=O)[C@H](CCc1ccccc1)NC(=O)CCN1CCCCC1)C(=O)C1(C)CO1. The number of nitrogens with one attached hydrogen (secondary N) is 4. The zero-order chi connectivity index (χ0) is 38.4. The number of benzene rings is 2. The summed E-state index contributed by atoms with van der Waals surface area (Å²) in [5.74, 6) is -1.68. The van der Waals surface area contributed by atoms with Crippen LogP contribution in [-0.4, -0.2) is 90.3 Å². The van der Waals surface area contributed by atoms with E-state index in [-0.39, 0.29) is 36.4 Å². The maximum atomic E-state index is 14.1. The molecule has 0 bridgehead atoms. The number of carbonyl (C=O) groups is 5. The number of aryl methyl sites for hydroxylation is 1. The summed E-state index contributed by atoms with van der Waals surface area (Å²) in [7, 11) is 0. The summed E-state index contributed by atoms with van der Waals surface area (Å²) >= 11 is 0. The van der Waals surface area contributed by atoms with Gasteiger partial charge in [-0.2, -0.15) is 0 Å². The van der Waals surface area contributed by atoms with E-state index in [1.807, 2.05) is 88.4 Å². The Bertz CT molecular complexity index is 1490. The van der Waals surface area contributed by atoms with Crippen molar-refractivity contribution in [3.05, 3.63) is 71.8 Å². The van der Waals surface area contributed by atoms with Crippen molar-refractivity contribution in [1.82, 2.24) is 26.2 Å². The minimum atomic E-state index is -1.02. The maximum Gasteiger partial charge on any atom is 0.243 e. The molecule has 0 aromatic heterocycles. The molecule has 2 aromatic rings. The lowest BCUT2D eigenvalue weighted by Gasteiger charge is -2.28. The number of rotatable bonds is 21. The lowest BCUT2D eigenvalue weighted by molar-refractivity contribution is -0.135. The van der Waals surface area contributed by atoms with E-state index >= 15 is 0 Å². The van der Waals surface area contributed by atoms with Crippen LogP contribution in [0.1, 0.15) is 90.7 Å². The first-order chi connectivity index (χ1) is 25.3. The summed E-state index contributed by atoms with van der Waals surface area (Å²) in [6.45, 7) is 12.5. The van der Waals surface area contributed by atoms with Gasteiger partial charge in [-0.25, -0.2) is 0 Å². The number of ether oxygens (including phenoxy) is 1. The molecule has 2 aromatic carbocycles. The highest BCUT2D eigenvalue weighted by Gasteiger charge is 2.50. The highest BCUT2D eigenvalue weighted by Crippen LogP contribution is 2.29. The van der Waals surface area contributed by atoms with E-state index in [2.05, 4.69) is 26.2 Å². The fourth-order valence-electron chi connectivity index (χ4n) is 6.83. The number of hydrogen-bond donors (Lipinski definition) is 4. The number of hydrogen-bond acceptors (Lipinski definition) is 7. The first-order valence-electron chi connectivity index (χ1n) is 19.5. The van der Waals surface area contributed by atoms with E-state index in [1.165, 1.54) is 6.42 Å². The van der Waals surface area contributed by atoms with Gasteiger partial charge in [0, 0.05) is 19.4 Å². The normalized spacial score (nSPS) is 19.5. The molecule has 0 spiro atoms. The van der Waals surface area contributed by atoms with E-state index in [1.54, 1.807) is 6.92 Å². The number of Topliss-reactive ketones (excluding diaryl/α,β-unsaturated/α-hetero) is 1. The van der Waals surface area contributed by atoms with Crippen LogP contribution in [-0.2, 0) is 41.6 Å². The van der Waals surface area contributed by atoms with E-state index in [0.29, 0.717) is 38.8 Å². The van der Waals surface area contributed by atoms with Gasteiger partial charge in [-0.15, -0.1) is 0 Å². The Morgan fingerprint density at radius 1 is 0.679 bits per heavy atom. The van der Waals surface area contributed by atoms with Crippen LogP contribution in [0.3, 0.4) is 0 Å². The Kier molecular flexibility index (Phi) is 16.0. The van der Waals surface area contributed by atoms with Gasteiger partial charge in [0.2, 0.25) is 23.6 Å². The molecule has 0 radical (unpaired) electrons. The first-order valence-corrected chi connectivity index (χ1v) is 19.5. The Hall–Kier alpha value is -4.09. The molecule has 2 fully saturated rings. The van der Waals surface area contributed by atoms with Crippen molar-refractivity contribution in [3.63, 3.8) is 0 Å². The number of carbonyl (C=O) groups excluding carboxylic acids is 5. The summed E-state index contributed by atoms with van der Waals surface area (Å²) in [6, 6.07) is 15.5. The van der Waals surface area contributed by atoms with E-state index in [0.717, 1.165) is 37.1 Å². The molecule has 2 heterocycles. The lowest BCUT2D eigenvalue weighted by atomic mass is 9.93. The van der Waals surface area contributed by atoms with Crippen molar-refractivity contribution in [2.45, 2.75) is 122 Å². The van der Waals surface area contributed by atoms with Crippen LogP contribution < -0.4 is 21.3 Å². The van der Waals surface area contributed by atoms with Gasteiger partial charge in [0.25, 0.3) is 0 Å². The first kappa shape index (κ1) is 41.7. The monoisotopic (exact) mass is 731 g/mol. The minimum absolute atomic E-state index is 0.0293. The number of nitrogens with zero attached hydrogens (tertiary/aromatic N) is 1. The van der Waals surface area contributed by atoms with Gasteiger partial charge in [-0.3, -0.25) is 24.0 Å². The number of piperidine rings is 1. The molecule has 4 amide bonds. The summed E-state index contributed by atoms with van der Waals surface area (Å²) in [4.78, 5) is 70.9. The largest absolute Gasteiger partial charge is 0.361 e. The molecule has 53 heavy (non-hydrogen) atoms. The Morgan fingerprint density at radius 3 is 1.77 bits per heavy atom. The third-order valence-electron chi connectivity index (χ3n) is 10.0. The average Bonchev–Trinajstić information content (AvgIpc) is 3.90. The second kappa shape index (κ2) is 20.4. The summed E-state index contributed by atoms with van der Waals surface area (Å²) in [5, 5.41) is 11.8. The number of ketones is 1. The van der Waals surface area contributed by atoms with Crippen LogP contribution in [0.25, 0.3) is 0 Å². The molecular weight excluding hydrogens is 670 g/mol. The molecule has 2 aliphatic heterocycles. The molecule has 2 aliphatic rings. The van der Waals surface area contributed by atoms with Crippen LogP contribution in [0.15, 0.2) is 60.7 Å². The van der Waals surface area contributed by atoms with Crippen LogP contribution >= 0.6 is 0 Å². The van der Waals surface area contributed by atoms with Crippen molar-refractivity contribution >= 4 is 29.4 Å². The van der Waals surface area contributed by atoms with Crippen LogP contribution in [0.4, 0.5) is 0 Å². The predicted molar refractivity (Wildman–Crippen MR) is 206 cm³/mol. The molecule has 290 valence electrons. The molecule has 2 unspecified atom stereocenters. The Labute approximate surface area is 315 Å². The molecule has 11 nitrogen and oxygen atoms in total. The highest BCUT2D eigenvalue weighted by atomic mass is 16.6. The van der Waals surface area contributed by atoms with Gasteiger partial charge in [-0.1, -0.05) is 94.8 Å². The average molecular weight is 732 g/mol. The van der Waals surface area contributed by atoms with E-state index in [9.17, 15) is 24.0 Å². The standard InChI is InChI=1S/C42H61N5O6/c1-29(2)25-34(38(49)42(5)28-53-42)44-41(52)36(27-32-17-11-7-12-18-32)46-40(51)35(26-30(3)4)45-39(50)33(20-19-31-15-9-6-10-16-31)43-37(48)21-24-47-22-13-8-14-23-47/h6-7,9-12,15-18,29-30,33-36H,8,13-14,19-28H2,1-5H3,(H,43,48)(H,44,52)(H,45,50)(H,46,51)/t33-,34?,35-,36-,42?/m0/s1. The van der Waals surface area contributed by atoms with Gasteiger partial charge >= 0.3 is 0 Å². The zero-order valence-electron chi connectivity index (χ0n) is 32.3. The summed E-state index contributed by atoms with van der Waals surface area (Å²) < 4.78 is 5.42.